The highest BCUT2D eigenvalue weighted by atomic mass is 79.9. The number of rotatable bonds is 23. The van der Waals surface area contributed by atoms with Gasteiger partial charge in [-0.15, -0.1) is 0 Å². The third kappa shape index (κ3) is 11.4. The zero-order valence-corrected chi connectivity index (χ0v) is 33.9. The van der Waals surface area contributed by atoms with Crippen LogP contribution in [-0.2, 0) is 25.1 Å². The van der Waals surface area contributed by atoms with Gasteiger partial charge in [-0.1, -0.05) is 154 Å². The van der Waals surface area contributed by atoms with Gasteiger partial charge in [-0.3, -0.25) is 9.59 Å². The second kappa shape index (κ2) is 20.6. The maximum atomic E-state index is 13.9. The molecule has 0 fully saturated rings. The molecule has 5 nitrogen and oxygen atoms in total. The van der Waals surface area contributed by atoms with Crippen molar-refractivity contribution in [3.05, 3.63) is 129 Å². The van der Waals surface area contributed by atoms with Crippen LogP contribution in [0.4, 0.5) is 0 Å². The Morgan fingerprint density at radius 3 is 1.34 bits per heavy atom. The van der Waals surface area contributed by atoms with Crippen molar-refractivity contribution in [3.8, 4) is 11.5 Å². The average molecular weight is 782 g/mol. The zero-order valence-electron chi connectivity index (χ0n) is 32.3. The molecule has 0 atom stereocenters. The molecular weight excluding hydrogens is 722 g/mol. The number of ether oxygens (including phenoxy) is 2. The minimum Gasteiger partial charge on any atom is -0.488 e. The second-order valence-corrected chi connectivity index (χ2v) is 15.7. The molecule has 0 unspecified atom stereocenters. The molecule has 0 aromatic heterocycles. The van der Waals surface area contributed by atoms with Gasteiger partial charge in [0.25, 0.3) is 0 Å². The molecule has 1 aliphatic carbocycles. The van der Waals surface area contributed by atoms with Crippen molar-refractivity contribution >= 4 is 27.5 Å². The maximum Gasteiger partial charge on any atom is 0.198 e. The molecule has 4 aromatic carbocycles. The number of halogens is 1. The second-order valence-electron chi connectivity index (χ2n) is 15.1. The normalized spacial score (nSPS) is 12.5. The van der Waals surface area contributed by atoms with Crippen LogP contribution in [0.25, 0.3) is 0 Å². The Bertz CT molecular complexity index is 1750. The van der Waals surface area contributed by atoms with Gasteiger partial charge in [0.2, 0.25) is 0 Å². The Labute approximate surface area is 326 Å². The molecule has 0 amide bonds. The molecule has 0 radical (unpaired) electrons. The molecule has 0 aliphatic heterocycles. The molecule has 4 aromatic rings. The fourth-order valence-corrected chi connectivity index (χ4v) is 7.82. The van der Waals surface area contributed by atoms with E-state index in [-0.39, 0.29) is 35.9 Å². The summed E-state index contributed by atoms with van der Waals surface area (Å²) in [6, 6.07) is 27.4. The molecule has 0 spiro atoms. The number of alkyl halides is 1. The van der Waals surface area contributed by atoms with Crippen molar-refractivity contribution in [3.63, 3.8) is 0 Å². The summed E-state index contributed by atoms with van der Waals surface area (Å²) in [4.78, 5) is 27.8. The van der Waals surface area contributed by atoms with E-state index in [9.17, 15) is 9.59 Å². The number of benzene rings is 4. The summed E-state index contributed by atoms with van der Waals surface area (Å²) in [6.45, 7) is 8.59. The third-order valence-electron chi connectivity index (χ3n) is 10.7. The van der Waals surface area contributed by atoms with E-state index in [4.69, 9.17) is 9.47 Å². The van der Waals surface area contributed by atoms with E-state index in [0.717, 1.165) is 27.5 Å². The van der Waals surface area contributed by atoms with Crippen molar-refractivity contribution in [2.75, 3.05) is 20.1 Å². The first-order chi connectivity index (χ1) is 25.9. The van der Waals surface area contributed by atoms with Crippen molar-refractivity contribution < 1.29 is 23.5 Å². The van der Waals surface area contributed by atoms with Crippen LogP contribution in [0.15, 0.2) is 84.9 Å². The molecule has 0 N–H and O–H groups in total. The van der Waals surface area contributed by atoms with Gasteiger partial charge in [0.1, 0.15) is 31.3 Å². The van der Waals surface area contributed by atoms with Crippen LogP contribution in [-0.4, -0.2) is 36.2 Å². The summed E-state index contributed by atoms with van der Waals surface area (Å²) < 4.78 is 13.7. The molecule has 0 saturated heterocycles. The lowest BCUT2D eigenvalue weighted by molar-refractivity contribution is -0.923. The average Bonchev–Trinajstić information content (AvgIpc) is 3.18. The lowest BCUT2D eigenvalue weighted by Crippen LogP contribution is -2.44. The highest BCUT2D eigenvalue weighted by Gasteiger charge is 2.35. The van der Waals surface area contributed by atoms with Crippen LogP contribution < -0.4 is 9.47 Å². The smallest absolute Gasteiger partial charge is 0.198 e. The minimum atomic E-state index is -0.224. The Balaban J connectivity index is 1.27. The number of carbonyl (C=O) groups is 2. The molecule has 5 rings (SSSR count). The monoisotopic (exact) mass is 780 g/mol. The number of hydrogen-bond donors (Lipinski definition) is 0. The fraction of sp³-hybridized carbons (Fsp3) is 0.447. The summed E-state index contributed by atoms with van der Waals surface area (Å²) in [5.74, 6) is 0.337. The highest BCUT2D eigenvalue weighted by molar-refractivity contribution is 9.08. The molecule has 6 heteroatoms. The van der Waals surface area contributed by atoms with Crippen LogP contribution in [0.1, 0.15) is 145 Å². The topological polar surface area (TPSA) is 52.6 Å². The Morgan fingerprint density at radius 2 is 0.906 bits per heavy atom. The first kappa shape index (κ1) is 40.4. The van der Waals surface area contributed by atoms with Crippen molar-refractivity contribution in [2.24, 2.45) is 0 Å². The molecule has 282 valence electrons. The third-order valence-corrected chi connectivity index (χ3v) is 11.3. The Hall–Kier alpha value is -3.74. The van der Waals surface area contributed by atoms with Gasteiger partial charge in [0.05, 0.1) is 31.3 Å². The lowest BCUT2D eigenvalue weighted by atomic mass is 9.83. The summed E-state index contributed by atoms with van der Waals surface area (Å²) >= 11 is 3.49. The summed E-state index contributed by atoms with van der Waals surface area (Å²) in [5, 5.41) is 0.778. The summed E-state index contributed by atoms with van der Waals surface area (Å²) in [7, 11) is 2.45. The number of nitrogens with zero attached hydrogens (tertiary/aromatic N) is 1. The van der Waals surface area contributed by atoms with Gasteiger partial charge in [0.15, 0.2) is 11.6 Å². The number of hydrogen-bond acceptors (Lipinski definition) is 4. The van der Waals surface area contributed by atoms with Crippen LogP contribution in [0.5, 0.6) is 11.5 Å². The number of unbranched alkanes of at least 4 members (excludes halogenated alkanes) is 10. The zero-order chi connectivity index (χ0) is 37.5. The number of quaternary nitrogens is 1. The van der Waals surface area contributed by atoms with Crippen LogP contribution in [0.2, 0.25) is 0 Å². The van der Waals surface area contributed by atoms with Crippen LogP contribution >= 0.6 is 15.9 Å². The quantitative estimate of drug-likeness (QED) is 0.0376. The maximum absolute atomic E-state index is 13.9. The first-order valence-electron chi connectivity index (χ1n) is 20.0. The first-order valence-corrected chi connectivity index (χ1v) is 21.1. The van der Waals surface area contributed by atoms with Gasteiger partial charge in [-0.25, -0.2) is 0 Å². The van der Waals surface area contributed by atoms with E-state index in [2.05, 4.69) is 61.1 Å². The van der Waals surface area contributed by atoms with Gasteiger partial charge < -0.3 is 14.0 Å². The number of fused-ring (bicyclic) bond motifs is 2. The van der Waals surface area contributed by atoms with Crippen LogP contribution in [0, 0.1) is 0 Å². The van der Waals surface area contributed by atoms with E-state index in [1.54, 1.807) is 36.4 Å². The molecule has 0 heterocycles. The molecule has 0 bridgehead atoms. The number of carbonyl (C=O) groups excluding carboxylic acids is 2. The van der Waals surface area contributed by atoms with Crippen molar-refractivity contribution in [1.29, 1.82) is 0 Å². The standard InChI is InChI=1S/C47H59BrNO4/c1-4-6-8-10-12-16-30-49(3,31-17-13-11-9-7-5-2)33-37-22-26-39(27-23-37)35-53-43-29-28-42(52-34-38-24-20-36(32-48)21-25-38)44-45(43)47(51)41-19-15-14-18-40(41)46(44)50/h14-15,18-29H,4-13,16-17,30-35H2,1-3H3/q+1. The fourth-order valence-electron chi connectivity index (χ4n) is 7.45. The van der Waals surface area contributed by atoms with Crippen molar-refractivity contribution in [2.45, 2.75) is 116 Å². The molecular formula is C47H59BrNO4+. The van der Waals surface area contributed by atoms with E-state index >= 15 is 0 Å². The lowest BCUT2D eigenvalue weighted by Gasteiger charge is -2.35. The SMILES string of the molecule is CCCCCCCC[N+](C)(CCCCCCCC)Cc1ccc(COc2ccc(OCc3ccc(CBr)cc3)c3c2C(=O)c2ccccc2C3=O)cc1. The van der Waals surface area contributed by atoms with E-state index in [1.807, 2.05) is 24.3 Å². The van der Waals surface area contributed by atoms with Gasteiger partial charge in [-0.05, 0) is 54.5 Å². The van der Waals surface area contributed by atoms with Crippen molar-refractivity contribution in [1.82, 2.24) is 0 Å². The minimum absolute atomic E-state index is 0.222. The van der Waals surface area contributed by atoms with Crippen LogP contribution in [0.3, 0.4) is 0 Å². The Morgan fingerprint density at radius 1 is 0.509 bits per heavy atom. The Kier molecular flexibility index (Phi) is 15.8. The van der Waals surface area contributed by atoms with Gasteiger partial charge in [-0.2, -0.15) is 0 Å². The molecule has 1 aliphatic rings. The summed E-state index contributed by atoms with van der Waals surface area (Å²) in [5.41, 5.74) is 5.83. The van der Waals surface area contributed by atoms with Gasteiger partial charge >= 0.3 is 0 Å². The highest BCUT2D eigenvalue weighted by Crippen LogP contribution is 2.39. The summed E-state index contributed by atoms with van der Waals surface area (Å²) in [6.07, 6.45) is 15.9. The number of ketones is 2. The van der Waals surface area contributed by atoms with Gasteiger partial charge in [0, 0.05) is 22.0 Å². The molecule has 0 saturated carbocycles. The van der Waals surface area contributed by atoms with E-state index in [1.165, 1.54) is 101 Å². The molecule has 53 heavy (non-hydrogen) atoms. The van der Waals surface area contributed by atoms with E-state index < -0.39 is 0 Å². The predicted octanol–water partition coefficient (Wildman–Crippen LogP) is 12.2. The van der Waals surface area contributed by atoms with E-state index in [0.29, 0.717) is 22.6 Å². The largest absolute Gasteiger partial charge is 0.488 e. The predicted molar refractivity (Wildman–Crippen MR) is 220 cm³/mol.